The number of rotatable bonds is 7. The third-order valence-corrected chi connectivity index (χ3v) is 4.30. The highest BCUT2D eigenvalue weighted by atomic mass is 35.5. The summed E-state index contributed by atoms with van der Waals surface area (Å²) in [6.07, 6.45) is 0. The summed E-state index contributed by atoms with van der Waals surface area (Å²) in [7, 11) is 0. The summed E-state index contributed by atoms with van der Waals surface area (Å²) < 4.78 is 0. The van der Waals surface area contributed by atoms with Crippen molar-refractivity contribution in [2.75, 3.05) is 24.5 Å². The second-order valence-corrected chi connectivity index (χ2v) is 6.35. The van der Waals surface area contributed by atoms with Crippen molar-refractivity contribution in [3.8, 4) is 0 Å². The zero-order valence-corrected chi connectivity index (χ0v) is 16.5. The molecule has 148 valence electrons. The van der Waals surface area contributed by atoms with Crippen molar-refractivity contribution in [2.45, 2.75) is 13.8 Å². The van der Waals surface area contributed by atoms with Crippen LogP contribution in [0.15, 0.2) is 48.5 Å². The molecule has 28 heavy (non-hydrogen) atoms. The van der Waals surface area contributed by atoms with Crippen LogP contribution in [-0.2, 0) is 4.79 Å². The van der Waals surface area contributed by atoms with Crippen molar-refractivity contribution < 1.29 is 14.4 Å². The van der Waals surface area contributed by atoms with Crippen LogP contribution in [0.5, 0.6) is 0 Å². The molecule has 0 aliphatic rings. The van der Waals surface area contributed by atoms with Gasteiger partial charge in [-0.2, -0.15) is 0 Å². The van der Waals surface area contributed by atoms with Crippen LogP contribution in [0.4, 0.5) is 5.69 Å². The number of hydrazine groups is 1. The lowest BCUT2D eigenvalue weighted by atomic mass is 10.2. The van der Waals surface area contributed by atoms with Crippen LogP contribution in [0.1, 0.15) is 34.6 Å². The van der Waals surface area contributed by atoms with Gasteiger partial charge < -0.3 is 10.2 Å². The van der Waals surface area contributed by atoms with Crippen molar-refractivity contribution in [1.29, 1.82) is 0 Å². The Morgan fingerprint density at radius 3 is 2.18 bits per heavy atom. The molecule has 0 radical (unpaired) electrons. The first-order valence-electron chi connectivity index (χ1n) is 8.92. The van der Waals surface area contributed by atoms with Gasteiger partial charge in [0, 0.05) is 34.9 Å². The summed E-state index contributed by atoms with van der Waals surface area (Å²) in [4.78, 5) is 38.1. The monoisotopic (exact) mass is 402 g/mol. The van der Waals surface area contributed by atoms with Gasteiger partial charge in [-0.05, 0) is 56.3 Å². The van der Waals surface area contributed by atoms with Crippen LogP contribution >= 0.6 is 11.6 Å². The maximum Gasteiger partial charge on any atom is 0.269 e. The average molecular weight is 403 g/mol. The highest BCUT2D eigenvalue weighted by molar-refractivity contribution is 6.31. The second kappa shape index (κ2) is 10.3. The predicted octanol–water partition coefficient (Wildman–Crippen LogP) is 2.38. The third kappa shape index (κ3) is 5.99. The van der Waals surface area contributed by atoms with Crippen LogP contribution in [0.2, 0.25) is 5.02 Å². The Hall–Kier alpha value is -3.06. The first-order valence-corrected chi connectivity index (χ1v) is 9.30. The average Bonchev–Trinajstić information content (AvgIpc) is 2.71. The van der Waals surface area contributed by atoms with E-state index in [2.05, 4.69) is 34.9 Å². The molecule has 0 saturated heterocycles. The third-order valence-electron chi connectivity index (χ3n) is 4.07. The van der Waals surface area contributed by atoms with Crippen molar-refractivity contribution in [2.24, 2.45) is 0 Å². The topological polar surface area (TPSA) is 90.5 Å². The molecule has 0 atom stereocenters. The molecule has 0 saturated carbocycles. The number of hydrogen-bond acceptors (Lipinski definition) is 4. The zero-order valence-electron chi connectivity index (χ0n) is 15.8. The number of nitrogens with one attached hydrogen (secondary N) is 3. The molecule has 3 N–H and O–H groups in total. The highest BCUT2D eigenvalue weighted by Crippen LogP contribution is 2.14. The fourth-order valence-corrected chi connectivity index (χ4v) is 2.74. The number of amides is 3. The summed E-state index contributed by atoms with van der Waals surface area (Å²) in [5.41, 5.74) is 6.38. The summed E-state index contributed by atoms with van der Waals surface area (Å²) in [6, 6.07) is 13.5. The normalized spacial score (nSPS) is 10.1. The van der Waals surface area contributed by atoms with Crippen molar-refractivity contribution in [3.63, 3.8) is 0 Å². The SMILES string of the molecule is CCN(CC)c1ccc(C(=O)NNC(=O)CNC(=O)c2cccc(Cl)c2)cc1. The molecule has 2 aromatic rings. The van der Waals surface area contributed by atoms with Crippen LogP contribution in [-0.4, -0.2) is 37.4 Å². The molecule has 0 aliphatic carbocycles. The predicted molar refractivity (Wildman–Crippen MR) is 109 cm³/mol. The highest BCUT2D eigenvalue weighted by Gasteiger charge is 2.11. The molecule has 0 aromatic heterocycles. The molecule has 3 amide bonds. The van der Waals surface area contributed by atoms with Crippen LogP contribution < -0.4 is 21.1 Å². The van der Waals surface area contributed by atoms with Gasteiger partial charge in [-0.25, -0.2) is 0 Å². The fourth-order valence-electron chi connectivity index (χ4n) is 2.55. The summed E-state index contributed by atoms with van der Waals surface area (Å²) in [5.74, 6) is -1.43. The fraction of sp³-hybridized carbons (Fsp3) is 0.250. The summed E-state index contributed by atoms with van der Waals surface area (Å²) in [6.45, 7) is 5.58. The molecular formula is C20H23ClN4O3. The maximum absolute atomic E-state index is 12.1. The Kier molecular flexibility index (Phi) is 7.83. The van der Waals surface area contributed by atoms with Crippen LogP contribution in [0.3, 0.4) is 0 Å². The molecular weight excluding hydrogens is 380 g/mol. The van der Waals surface area contributed by atoms with Crippen molar-refractivity contribution in [1.82, 2.24) is 16.2 Å². The minimum Gasteiger partial charge on any atom is -0.372 e. The summed E-state index contributed by atoms with van der Waals surface area (Å²) in [5, 5.41) is 2.88. The van der Waals surface area contributed by atoms with E-state index in [9.17, 15) is 14.4 Å². The number of benzene rings is 2. The van der Waals surface area contributed by atoms with Gasteiger partial charge in [0.15, 0.2) is 0 Å². The number of halogens is 1. The van der Waals surface area contributed by atoms with Gasteiger partial charge in [-0.15, -0.1) is 0 Å². The minimum absolute atomic E-state index is 0.285. The quantitative estimate of drug-likeness (QED) is 0.620. The molecule has 2 aromatic carbocycles. The Labute approximate surface area is 169 Å². The van der Waals surface area contributed by atoms with Gasteiger partial charge in [0.05, 0.1) is 6.54 Å². The second-order valence-electron chi connectivity index (χ2n) is 5.91. The Balaban J connectivity index is 1.80. The van der Waals surface area contributed by atoms with E-state index in [1.54, 1.807) is 30.3 Å². The lowest BCUT2D eigenvalue weighted by Gasteiger charge is -2.21. The van der Waals surface area contributed by atoms with Crippen molar-refractivity contribution in [3.05, 3.63) is 64.7 Å². The number of carbonyl (C=O) groups excluding carboxylic acids is 3. The van der Waals surface area contributed by atoms with E-state index in [4.69, 9.17) is 11.6 Å². The van der Waals surface area contributed by atoms with Gasteiger partial charge in [-0.1, -0.05) is 17.7 Å². The Bertz CT molecular complexity index is 836. The largest absolute Gasteiger partial charge is 0.372 e. The lowest BCUT2D eigenvalue weighted by molar-refractivity contribution is -0.120. The van der Waals surface area contributed by atoms with E-state index in [1.165, 1.54) is 6.07 Å². The van der Waals surface area contributed by atoms with Gasteiger partial charge in [0.1, 0.15) is 0 Å². The lowest BCUT2D eigenvalue weighted by Crippen LogP contribution is -2.46. The number of hydrogen-bond donors (Lipinski definition) is 3. The van der Waals surface area contributed by atoms with E-state index in [0.29, 0.717) is 16.1 Å². The Morgan fingerprint density at radius 2 is 1.57 bits per heavy atom. The number of nitrogens with zero attached hydrogens (tertiary/aromatic N) is 1. The van der Waals surface area contributed by atoms with E-state index in [-0.39, 0.29) is 6.54 Å². The van der Waals surface area contributed by atoms with Crippen molar-refractivity contribution >= 4 is 35.0 Å². The number of anilines is 1. The van der Waals surface area contributed by atoms with Crippen LogP contribution in [0, 0.1) is 0 Å². The standard InChI is InChI=1S/C20H23ClN4O3/c1-3-25(4-2)17-10-8-14(9-11-17)20(28)24-23-18(26)13-22-19(27)15-6-5-7-16(21)12-15/h5-12H,3-4,13H2,1-2H3,(H,22,27)(H,23,26)(H,24,28). The van der Waals surface area contributed by atoms with E-state index < -0.39 is 17.7 Å². The molecule has 0 fully saturated rings. The minimum atomic E-state index is -0.552. The molecule has 0 heterocycles. The first kappa shape index (κ1) is 21.2. The summed E-state index contributed by atoms with van der Waals surface area (Å²) >= 11 is 5.83. The maximum atomic E-state index is 12.1. The smallest absolute Gasteiger partial charge is 0.269 e. The van der Waals surface area contributed by atoms with Crippen LogP contribution in [0.25, 0.3) is 0 Å². The van der Waals surface area contributed by atoms with E-state index in [0.717, 1.165) is 18.8 Å². The molecule has 0 spiro atoms. The molecule has 8 heteroatoms. The molecule has 7 nitrogen and oxygen atoms in total. The first-order chi connectivity index (χ1) is 13.4. The molecule has 0 unspecified atom stereocenters. The molecule has 0 aliphatic heterocycles. The van der Waals surface area contributed by atoms with E-state index in [1.807, 2.05) is 12.1 Å². The number of carbonyl (C=O) groups is 3. The molecule has 2 rings (SSSR count). The zero-order chi connectivity index (χ0) is 20.5. The van der Waals surface area contributed by atoms with Gasteiger partial charge in [0.25, 0.3) is 17.7 Å². The van der Waals surface area contributed by atoms with Gasteiger partial charge in [-0.3, -0.25) is 25.2 Å². The van der Waals surface area contributed by atoms with E-state index >= 15 is 0 Å². The Morgan fingerprint density at radius 1 is 0.893 bits per heavy atom. The van der Waals surface area contributed by atoms with Gasteiger partial charge >= 0.3 is 0 Å². The van der Waals surface area contributed by atoms with Gasteiger partial charge in [0.2, 0.25) is 0 Å². The molecule has 0 bridgehead atoms.